The van der Waals surface area contributed by atoms with Gasteiger partial charge in [-0.05, 0) is 49.7 Å². The number of nitrogens with one attached hydrogen (secondary N) is 2. The maximum atomic E-state index is 13.1. The van der Waals surface area contributed by atoms with Crippen molar-refractivity contribution >= 4 is 0 Å². The maximum Gasteiger partial charge on any atom is 0.123 e. The average molecular weight is 369 g/mol. The summed E-state index contributed by atoms with van der Waals surface area (Å²) in [5.41, 5.74) is 4.88. The Labute approximate surface area is 158 Å². The maximum absolute atomic E-state index is 13.1. The van der Waals surface area contributed by atoms with Gasteiger partial charge in [0, 0.05) is 24.2 Å². The zero-order valence-electron chi connectivity index (χ0n) is 15.5. The van der Waals surface area contributed by atoms with Gasteiger partial charge >= 0.3 is 0 Å². The Kier molecular flexibility index (Phi) is 6.21. The average Bonchev–Trinajstić information content (AvgIpc) is 3.10. The standard InChI is InChI=1S/C21H24FN3O2/c1-14-3-8-20(15(2)9-14)27-13-19(26)12-23-10-17-11-24-25-21(17)16-4-6-18(22)7-5-16/h3-9,11,19,23,26H,10,12-13H2,1-2H3,(H,24,25). The lowest BCUT2D eigenvalue weighted by Gasteiger charge is -2.15. The van der Waals surface area contributed by atoms with E-state index in [1.54, 1.807) is 18.3 Å². The predicted octanol–water partition coefficient (Wildman–Crippen LogP) is 3.36. The first-order chi connectivity index (χ1) is 13.0. The number of hydrogen-bond acceptors (Lipinski definition) is 4. The number of benzene rings is 2. The van der Waals surface area contributed by atoms with Crippen LogP contribution in [-0.4, -0.2) is 34.6 Å². The second kappa shape index (κ2) is 8.79. The number of rotatable bonds is 8. The summed E-state index contributed by atoms with van der Waals surface area (Å²) < 4.78 is 18.8. The van der Waals surface area contributed by atoms with Crippen molar-refractivity contribution in [3.63, 3.8) is 0 Å². The van der Waals surface area contributed by atoms with E-state index in [4.69, 9.17) is 4.74 Å². The molecule has 6 heteroatoms. The third-order valence-corrected chi connectivity index (χ3v) is 4.31. The summed E-state index contributed by atoms with van der Waals surface area (Å²) in [6.45, 7) is 5.16. The van der Waals surface area contributed by atoms with Gasteiger partial charge in [-0.2, -0.15) is 5.10 Å². The van der Waals surface area contributed by atoms with Crippen molar-refractivity contribution in [2.45, 2.75) is 26.5 Å². The van der Waals surface area contributed by atoms with Crippen molar-refractivity contribution in [3.8, 4) is 17.0 Å². The quantitative estimate of drug-likeness (QED) is 0.569. The van der Waals surface area contributed by atoms with Crippen molar-refractivity contribution in [2.24, 2.45) is 0 Å². The smallest absolute Gasteiger partial charge is 0.123 e. The fourth-order valence-electron chi connectivity index (χ4n) is 2.89. The number of ether oxygens (including phenoxy) is 1. The van der Waals surface area contributed by atoms with Gasteiger partial charge < -0.3 is 15.2 Å². The van der Waals surface area contributed by atoms with Crippen molar-refractivity contribution in [2.75, 3.05) is 13.2 Å². The topological polar surface area (TPSA) is 70.2 Å². The van der Waals surface area contributed by atoms with E-state index in [2.05, 4.69) is 21.6 Å². The van der Waals surface area contributed by atoms with Crippen LogP contribution in [0.5, 0.6) is 5.75 Å². The van der Waals surface area contributed by atoms with Crippen LogP contribution in [0, 0.1) is 19.7 Å². The SMILES string of the molecule is Cc1ccc(OCC(O)CNCc2cn[nH]c2-c2ccc(F)cc2)c(C)c1. The lowest BCUT2D eigenvalue weighted by molar-refractivity contribution is 0.106. The predicted molar refractivity (Wildman–Crippen MR) is 103 cm³/mol. The highest BCUT2D eigenvalue weighted by molar-refractivity contribution is 5.62. The number of aliphatic hydroxyl groups excluding tert-OH is 1. The second-order valence-electron chi connectivity index (χ2n) is 6.64. The van der Waals surface area contributed by atoms with Gasteiger partial charge in [-0.1, -0.05) is 17.7 Å². The Balaban J connectivity index is 1.48. The highest BCUT2D eigenvalue weighted by atomic mass is 19.1. The van der Waals surface area contributed by atoms with Crippen LogP contribution in [0.4, 0.5) is 4.39 Å². The number of nitrogens with zero attached hydrogens (tertiary/aromatic N) is 1. The Morgan fingerprint density at radius 3 is 2.70 bits per heavy atom. The molecule has 142 valence electrons. The van der Waals surface area contributed by atoms with E-state index >= 15 is 0 Å². The van der Waals surface area contributed by atoms with Crippen molar-refractivity contribution < 1.29 is 14.2 Å². The van der Waals surface area contributed by atoms with E-state index < -0.39 is 6.10 Å². The molecule has 3 N–H and O–H groups in total. The Morgan fingerprint density at radius 1 is 1.19 bits per heavy atom. The Bertz CT molecular complexity index is 877. The molecular formula is C21H24FN3O2. The molecule has 2 aromatic carbocycles. The minimum absolute atomic E-state index is 0.215. The molecule has 5 nitrogen and oxygen atoms in total. The summed E-state index contributed by atoms with van der Waals surface area (Å²) in [4.78, 5) is 0. The first-order valence-electron chi connectivity index (χ1n) is 8.90. The molecule has 0 fully saturated rings. The number of aromatic nitrogens is 2. The molecule has 1 aromatic heterocycles. The molecular weight excluding hydrogens is 345 g/mol. The summed E-state index contributed by atoms with van der Waals surface area (Å²) in [5, 5.41) is 20.4. The zero-order chi connectivity index (χ0) is 19.2. The van der Waals surface area contributed by atoms with Gasteiger partial charge in [0.1, 0.15) is 24.3 Å². The fraction of sp³-hybridized carbons (Fsp3) is 0.286. The molecule has 1 heterocycles. The summed E-state index contributed by atoms with van der Waals surface area (Å²) in [6.07, 6.45) is 1.09. The van der Waals surface area contributed by atoms with Crippen LogP contribution in [0.15, 0.2) is 48.7 Å². The molecule has 0 saturated heterocycles. The third-order valence-electron chi connectivity index (χ3n) is 4.31. The number of hydrogen-bond donors (Lipinski definition) is 3. The largest absolute Gasteiger partial charge is 0.491 e. The number of H-pyrrole nitrogens is 1. The van der Waals surface area contributed by atoms with Gasteiger partial charge in [-0.25, -0.2) is 4.39 Å². The van der Waals surface area contributed by atoms with Crippen LogP contribution in [0.2, 0.25) is 0 Å². The molecule has 0 aliphatic carbocycles. The van der Waals surface area contributed by atoms with E-state index in [-0.39, 0.29) is 12.4 Å². The molecule has 0 aliphatic heterocycles. The third kappa shape index (κ3) is 5.15. The lowest BCUT2D eigenvalue weighted by atomic mass is 10.1. The van der Waals surface area contributed by atoms with Crippen LogP contribution in [-0.2, 0) is 6.54 Å². The lowest BCUT2D eigenvalue weighted by Crippen LogP contribution is -2.31. The van der Waals surface area contributed by atoms with Crippen molar-refractivity contribution in [1.29, 1.82) is 0 Å². The van der Waals surface area contributed by atoms with Crippen molar-refractivity contribution in [3.05, 3.63) is 71.2 Å². The summed E-state index contributed by atoms with van der Waals surface area (Å²) in [5.74, 6) is 0.512. The summed E-state index contributed by atoms with van der Waals surface area (Å²) >= 11 is 0. The normalized spacial score (nSPS) is 12.1. The number of halogens is 1. The first-order valence-corrected chi connectivity index (χ1v) is 8.90. The molecule has 0 spiro atoms. The van der Waals surface area contributed by atoms with Gasteiger partial charge in [-0.3, -0.25) is 5.10 Å². The molecule has 0 amide bonds. The molecule has 3 aromatic rings. The number of aromatic amines is 1. The van der Waals surface area contributed by atoms with Crippen LogP contribution < -0.4 is 10.1 Å². The van der Waals surface area contributed by atoms with Crippen LogP contribution >= 0.6 is 0 Å². The molecule has 27 heavy (non-hydrogen) atoms. The Morgan fingerprint density at radius 2 is 1.96 bits per heavy atom. The second-order valence-corrected chi connectivity index (χ2v) is 6.64. The molecule has 1 atom stereocenters. The molecule has 3 rings (SSSR count). The highest BCUT2D eigenvalue weighted by Gasteiger charge is 2.10. The van der Waals surface area contributed by atoms with Crippen LogP contribution in [0.3, 0.4) is 0 Å². The van der Waals surface area contributed by atoms with Gasteiger partial charge in [-0.15, -0.1) is 0 Å². The molecule has 1 unspecified atom stereocenters. The minimum Gasteiger partial charge on any atom is -0.491 e. The zero-order valence-corrected chi connectivity index (χ0v) is 15.5. The molecule has 0 aliphatic rings. The molecule has 0 bridgehead atoms. The van der Waals surface area contributed by atoms with E-state index in [0.717, 1.165) is 28.1 Å². The highest BCUT2D eigenvalue weighted by Crippen LogP contribution is 2.21. The minimum atomic E-state index is -0.633. The summed E-state index contributed by atoms with van der Waals surface area (Å²) in [7, 11) is 0. The first kappa shape index (κ1) is 19.1. The van der Waals surface area contributed by atoms with E-state index in [1.807, 2.05) is 26.0 Å². The van der Waals surface area contributed by atoms with Gasteiger partial charge in [0.25, 0.3) is 0 Å². The van der Waals surface area contributed by atoms with Crippen LogP contribution in [0.1, 0.15) is 16.7 Å². The number of aryl methyl sites for hydroxylation is 2. The van der Waals surface area contributed by atoms with E-state index in [0.29, 0.717) is 13.1 Å². The number of aliphatic hydroxyl groups is 1. The molecule has 0 radical (unpaired) electrons. The van der Waals surface area contributed by atoms with Gasteiger partial charge in [0.15, 0.2) is 0 Å². The monoisotopic (exact) mass is 369 g/mol. The van der Waals surface area contributed by atoms with Gasteiger partial charge in [0.2, 0.25) is 0 Å². The van der Waals surface area contributed by atoms with E-state index in [9.17, 15) is 9.50 Å². The fourth-order valence-corrected chi connectivity index (χ4v) is 2.89. The van der Waals surface area contributed by atoms with E-state index in [1.165, 1.54) is 17.7 Å². The van der Waals surface area contributed by atoms with Crippen LogP contribution in [0.25, 0.3) is 11.3 Å². The molecule has 0 saturated carbocycles. The van der Waals surface area contributed by atoms with Gasteiger partial charge in [0.05, 0.1) is 11.9 Å². The summed E-state index contributed by atoms with van der Waals surface area (Å²) in [6, 6.07) is 12.2. The Hall–Kier alpha value is -2.70. The van der Waals surface area contributed by atoms with Crippen molar-refractivity contribution in [1.82, 2.24) is 15.5 Å².